The Labute approximate surface area is 131 Å². The molecule has 0 aliphatic heterocycles. The number of nitrogens with zero attached hydrogens (tertiary/aromatic N) is 2. The molecule has 0 saturated carbocycles. The molecule has 0 radical (unpaired) electrons. The van der Waals surface area contributed by atoms with E-state index in [1.54, 1.807) is 19.5 Å². The first-order valence-electron chi connectivity index (χ1n) is 7.53. The third kappa shape index (κ3) is 4.32. The summed E-state index contributed by atoms with van der Waals surface area (Å²) in [6.45, 7) is 3.41. The van der Waals surface area contributed by atoms with Crippen LogP contribution in [-0.2, 0) is 17.8 Å². The highest BCUT2D eigenvalue weighted by Crippen LogP contribution is 2.19. The summed E-state index contributed by atoms with van der Waals surface area (Å²) in [6, 6.07) is 11.5. The minimum Gasteiger partial charge on any atom is -0.496 e. The van der Waals surface area contributed by atoms with Gasteiger partial charge < -0.3 is 9.64 Å². The van der Waals surface area contributed by atoms with Crippen LogP contribution in [0.1, 0.15) is 24.5 Å². The van der Waals surface area contributed by atoms with E-state index in [-0.39, 0.29) is 5.91 Å². The topological polar surface area (TPSA) is 42.4 Å². The normalized spacial score (nSPS) is 10.3. The van der Waals surface area contributed by atoms with Crippen LogP contribution >= 0.6 is 0 Å². The van der Waals surface area contributed by atoms with Crippen molar-refractivity contribution < 1.29 is 9.53 Å². The van der Waals surface area contributed by atoms with Gasteiger partial charge in [-0.3, -0.25) is 9.78 Å². The number of carbonyl (C=O) groups is 1. The predicted molar refractivity (Wildman–Crippen MR) is 86.6 cm³/mol. The van der Waals surface area contributed by atoms with Crippen molar-refractivity contribution in [1.29, 1.82) is 0 Å². The first-order valence-corrected chi connectivity index (χ1v) is 7.53. The average Bonchev–Trinajstić information content (AvgIpc) is 2.56. The van der Waals surface area contributed by atoms with E-state index in [1.807, 2.05) is 41.3 Å². The number of pyridine rings is 1. The fourth-order valence-corrected chi connectivity index (χ4v) is 2.40. The SMILES string of the molecule is CCCN(Cc1cccnc1)C(=O)Cc1ccccc1OC. The van der Waals surface area contributed by atoms with Gasteiger partial charge in [0.1, 0.15) is 5.75 Å². The van der Waals surface area contributed by atoms with Crippen LogP contribution in [0, 0.1) is 0 Å². The van der Waals surface area contributed by atoms with Gasteiger partial charge in [0, 0.05) is 31.0 Å². The molecule has 0 aliphatic rings. The standard InChI is InChI=1S/C18H22N2O2/c1-3-11-20(14-15-7-6-10-19-13-15)18(21)12-16-8-4-5-9-17(16)22-2/h4-10,13H,3,11-12,14H2,1-2H3. The lowest BCUT2D eigenvalue weighted by Crippen LogP contribution is -2.32. The van der Waals surface area contributed by atoms with Crippen LogP contribution in [0.25, 0.3) is 0 Å². The highest BCUT2D eigenvalue weighted by molar-refractivity contribution is 5.79. The molecule has 0 saturated heterocycles. The van der Waals surface area contributed by atoms with Gasteiger partial charge in [0.25, 0.3) is 0 Å². The molecule has 116 valence electrons. The Bertz CT molecular complexity index is 599. The molecule has 0 atom stereocenters. The highest BCUT2D eigenvalue weighted by atomic mass is 16.5. The Balaban J connectivity index is 2.09. The number of hydrogen-bond donors (Lipinski definition) is 0. The van der Waals surface area contributed by atoms with E-state index in [4.69, 9.17) is 4.74 Å². The van der Waals surface area contributed by atoms with Crippen LogP contribution in [-0.4, -0.2) is 29.4 Å². The van der Waals surface area contributed by atoms with E-state index in [2.05, 4.69) is 11.9 Å². The molecular formula is C18H22N2O2. The molecule has 1 amide bonds. The maximum absolute atomic E-state index is 12.6. The van der Waals surface area contributed by atoms with Crippen LogP contribution in [0.5, 0.6) is 5.75 Å². The van der Waals surface area contributed by atoms with Crippen molar-refractivity contribution in [3.05, 3.63) is 59.9 Å². The Morgan fingerprint density at radius 2 is 2.05 bits per heavy atom. The van der Waals surface area contributed by atoms with Crippen LogP contribution in [0.4, 0.5) is 0 Å². The second kappa shape index (κ2) is 8.17. The number of para-hydroxylation sites is 1. The summed E-state index contributed by atoms with van der Waals surface area (Å²) in [5.74, 6) is 0.865. The molecule has 0 N–H and O–H groups in total. The zero-order valence-electron chi connectivity index (χ0n) is 13.2. The largest absolute Gasteiger partial charge is 0.496 e. The maximum atomic E-state index is 12.6. The summed E-state index contributed by atoms with van der Waals surface area (Å²) < 4.78 is 5.32. The third-order valence-electron chi connectivity index (χ3n) is 3.48. The summed E-state index contributed by atoms with van der Waals surface area (Å²) in [4.78, 5) is 18.6. The number of aromatic nitrogens is 1. The van der Waals surface area contributed by atoms with E-state index in [0.29, 0.717) is 13.0 Å². The first-order chi connectivity index (χ1) is 10.7. The number of amides is 1. The van der Waals surface area contributed by atoms with Gasteiger partial charge in [-0.25, -0.2) is 0 Å². The van der Waals surface area contributed by atoms with Crippen molar-refractivity contribution in [2.24, 2.45) is 0 Å². The lowest BCUT2D eigenvalue weighted by molar-refractivity contribution is -0.131. The van der Waals surface area contributed by atoms with Crippen molar-refractivity contribution in [3.63, 3.8) is 0 Å². The molecule has 0 fully saturated rings. The van der Waals surface area contributed by atoms with Gasteiger partial charge in [-0.05, 0) is 24.1 Å². The molecule has 4 nitrogen and oxygen atoms in total. The van der Waals surface area contributed by atoms with Crippen molar-refractivity contribution in [3.8, 4) is 5.75 Å². The number of carbonyl (C=O) groups excluding carboxylic acids is 1. The van der Waals surface area contributed by atoms with Crippen LogP contribution < -0.4 is 4.74 Å². The molecule has 4 heteroatoms. The van der Waals surface area contributed by atoms with E-state index >= 15 is 0 Å². The number of hydrogen-bond acceptors (Lipinski definition) is 3. The molecule has 0 spiro atoms. The first kappa shape index (κ1) is 16.0. The van der Waals surface area contributed by atoms with Gasteiger partial charge in [0.05, 0.1) is 13.5 Å². The Morgan fingerprint density at radius 3 is 2.73 bits per heavy atom. The van der Waals surface area contributed by atoms with Gasteiger partial charge >= 0.3 is 0 Å². The monoisotopic (exact) mass is 298 g/mol. The second-order valence-corrected chi connectivity index (χ2v) is 5.17. The molecule has 2 rings (SSSR count). The lowest BCUT2D eigenvalue weighted by Gasteiger charge is -2.22. The van der Waals surface area contributed by atoms with Crippen molar-refractivity contribution in [2.75, 3.05) is 13.7 Å². The molecule has 1 aromatic heterocycles. The van der Waals surface area contributed by atoms with Crippen molar-refractivity contribution in [2.45, 2.75) is 26.3 Å². The molecule has 0 bridgehead atoms. The Hall–Kier alpha value is -2.36. The predicted octanol–water partition coefficient (Wildman–Crippen LogP) is 3.07. The van der Waals surface area contributed by atoms with Gasteiger partial charge in [-0.1, -0.05) is 31.2 Å². The summed E-state index contributed by atoms with van der Waals surface area (Å²) in [6.07, 6.45) is 4.82. The van der Waals surface area contributed by atoms with E-state index in [9.17, 15) is 4.79 Å². The van der Waals surface area contributed by atoms with E-state index in [0.717, 1.165) is 29.8 Å². The van der Waals surface area contributed by atoms with Crippen LogP contribution in [0.2, 0.25) is 0 Å². The number of rotatable bonds is 7. The lowest BCUT2D eigenvalue weighted by atomic mass is 10.1. The number of benzene rings is 1. The fraction of sp³-hybridized carbons (Fsp3) is 0.333. The molecule has 0 unspecified atom stereocenters. The van der Waals surface area contributed by atoms with Crippen molar-refractivity contribution >= 4 is 5.91 Å². The fourth-order valence-electron chi connectivity index (χ4n) is 2.40. The summed E-state index contributed by atoms with van der Waals surface area (Å²) >= 11 is 0. The minimum absolute atomic E-state index is 0.107. The molecule has 22 heavy (non-hydrogen) atoms. The molecule has 1 aromatic carbocycles. The number of ether oxygens (including phenoxy) is 1. The summed E-state index contributed by atoms with van der Waals surface area (Å²) in [5, 5.41) is 0. The zero-order valence-corrected chi connectivity index (χ0v) is 13.2. The third-order valence-corrected chi connectivity index (χ3v) is 3.48. The van der Waals surface area contributed by atoms with Crippen molar-refractivity contribution in [1.82, 2.24) is 9.88 Å². The molecular weight excluding hydrogens is 276 g/mol. The number of methoxy groups -OCH3 is 1. The van der Waals surface area contributed by atoms with Gasteiger partial charge in [0.2, 0.25) is 5.91 Å². The minimum atomic E-state index is 0.107. The smallest absolute Gasteiger partial charge is 0.227 e. The van der Waals surface area contributed by atoms with E-state index in [1.165, 1.54) is 0 Å². The maximum Gasteiger partial charge on any atom is 0.227 e. The Morgan fingerprint density at radius 1 is 1.23 bits per heavy atom. The molecule has 1 heterocycles. The zero-order chi connectivity index (χ0) is 15.8. The van der Waals surface area contributed by atoms with Gasteiger partial charge in [-0.15, -0.1) is 0 Å². The van der Waals surface area contributed by atoms with Gasteiger partial charge in [0.15, 0.2) is 0 Å². The summed E-state index contributed by atoms with van der Waals surface area (Å²) in [7, 11) is 1.63. The van der Waals surface area contributed by atoms with Crippen LogP contribution in [0.3, 0.4) is 0 Å². The summed E-state index contributed by atoms with van der Waals surface area (Å²) in [5.41, 5.74) is 1.96. The van der Waals surface area contributed by atoms with Crippen LogP contribution in [0.15, 0.2) is 48.8 Å². The average molecular weight is 298 g/mol. The Kier molecular flexibility index (Phi) is 5.95. The van der Waals surface area contributed by atoms with Gasteiger partial charge in [-0.2, -0.15) is 0 Å². The second-order valence-electron chi connectivity index (χ2n) is 5.17. The highest BCUT2D eigenvalue weighted by Gasteiger charge is 2.15. The van der Waals surface area contributed by atoms with E-state index < -0.39 is 0 Å². The molecule has 2 aromatic rings. The molecule has 0 aliphatic carbocycles. The quantitative estimate of drug-likeness (QED) is 0.789.